The third-order valence-electron chi connectivity index (χ3n) is 2.32. The Morgan fingerprint density at radius 2 is 2.19 bits per heavy atom. The third-order valence-corrected chi connectivity index (χ3v) is 2.32. The van der Waals surface area contributed by atoms with Gasteiger partial charge >= 0.3 is 0 Å². The Labute approximate surface area is 96.8 Å². The number of ether oxygens (including phenoxy) is 2. The van der Waals surface area contributed by atoms with Crippen LogP contribution in [0.4, 0.5) is 0 Å². The van der Waals surface area contributed by atoms with Gasteiger partial charge in [0, 0.05) is 19.3 Å². The molecule has 4 heteroatoms. The van der Waals surface area contributed by atoms with Crippen LogP contribution in [0.25, 0.3) is 0 Å². The van der Waals surface area contributed by atoms with E-state index in [9.17, 15) is 0 Å². The van der Waals surface area contributed by atoms with Crippen LogP contribution in [0, 0.1) is 6.92 Å². The molecule has 0 radical (unpaired) electrons. The first-order valence-electron chi connectivity index (χ1n) is 5.53. The summed E-state index contributed by atoms with van der Waals surface area (Å²) in [6.07, 6.45) is 0.737. The highest BCUT2D eigenvalue weighted by Gasteiger charge is 2.11. The highest BCUT2D eigenvalue weighted by Crippen LogP contribution is 2.18. The normalized spacial score (nSPS) is 12.5. The predicted molar refractivity (Wildman–Crippen MR) is 63.7 cm³/mol. The lowest BCUT2D eigenvalue weighted by atomic mass is 10.2. The Morgan fingerprint density at radius 3 is 2.75 bits per heavy atom. The lowest BCUT2D eigenvalue weighted by Crippen LogP contribution is -2.31. The van der Waals surface area contributed by atoms with Gasteiger partial charge in [-0.1, -0.05) is 6.92 Å². The van der Waals surface area contributed by atoms with E-state index in [0.717, 1.165) is 23.6 Å². The van der Waals surface area contributed by atoms with Crippen LogP contribution in [-0.2, 0) is 11.2 Å². The minimum atomic E-state index is -0.111. The van der Waals surface area contributed by atoms with E-state index in [2.05, 4.69) is 11.9 Å². The molecule has 0 aliphatic heterocycles. The molecule has 1 atom stereocenters. The summed E-state index contributed by atoms with van der Waals surface area (Å²) in [5.74, 6) is 0.806. The summed E-state index contributed by atoms with van der Waals surface area (Å²) in [6.45, 7) is 4.96. The van der Waals surface area contributed by atoms with E-state index in [-0.39, 0.29) is 6.10 Å². The maximum atomic E-state index is 5.77. The Kier molecular flexibility index (Phi) is 5.22. The number of hydrogen-bond acceptors (Lipinski definition) is 4. The third kappa shape index (κ3) is 3.47. The molecule has 1 aromatic heterocycles. The molecule has 0 spiro atoms. The molecule has 0 saturated heterocycles. The molecular formula is C12H20N2O2. The maximum Gasteiger partial charge on any atom is 0.141 e. The number of pyridine rings is 1. The van der Waals surface area contributed by atoms with Crippen molar-refractivity contribution in [1.29, 1.82) is 0 Å². The van der Waals surface area contributed by atoms with E-state index in [1.54, 1.807) is 7.11 Å². The van der Waals surface area contributed by atoms with Crippen LogP contribution in [0.5, 0.6) is 5.75 Å². The van der Waals surface area contributed by atoms with Crippen molar-refractivity contribution in [2.75, 3.05) is 20.3 Å². The first kappa shape index (κ1) is 12.9. The molecule has 1 unspecified atom stereocenters. The van der Waals surface area contributed by atoms with Crippen molar-refractivity contribution in [3.05, 3.63) is 23.5 Å². The molecule has 2 N–H and O–H groups in total. The summed E-state index contributed by atoms with van der Waals surface area (Å²) < 4.78 is 10.8. The molecule has 0 fully saturated rings. The van der Waals surface area contributed by atoms with Gasteiger partial charge in [-0.05, 0) is 25.5 Å². The quantitative estimate of drug-likeness (QED) is 0.791. The Balaban J connectivity index is 2.78. The van der Waals surface area contributed by atoms with Crippen molar-refractivity contribution in [3.63, 3.8) is 0 Å². The lowest BCUT2D eigenvalue weighted by molar-refractivity contribution is 0.0851. The average Bonchev–Trinajstić information content (AvgIpc) is 2.30. The minimum Gasteiger partial charge on any atom is -0.485 e. The molecule has 0 amide bonds. The van der Waals surface area contributed by atoms with Gasteiger partial charge in [-0.2, -0.15) is 0 Å². The summed E-state index contributed by atoms with van der Waals surface area (Å²) in [5, 5.41) is 0. The summed E-state index contributed by atoms with van der Waals surface area (Å²) >= 11 is 0. The van der Waals surface area contributed by atoms with E-state index in [1.165, 1.54) is 0 Å². The molecule has 16 heavy (non-hydrogen) atoms. The van der Waals surface area contributed by atoms with Gasteiger partial charge in [0.05, 0.1) is 12.3 Å². The van der Waals surface area contributed by atoms with E-state index in [0.29, 0.717) is 13.2 Å². The number of rotatable bonds is 6. The van der Waals surface area contributed by atoms with Gasteiger partial charge < -0.3 is 15.2 Å². The summed E-state index contributed by atoms with van der Waals surface area (Å²) in [4.78, 5) is 4.43. The molecule has 0 saturated carbocycles. The van der Waals surface area contributed by atoms with Crippen molar-refractivity contribution in [2.24, 2.45) is 5.73 Å². The fraction of sp³-hybridized carbons (Fsp3) is 0.583. The molecule has 90 valence electrons. The number of nitrogens with two attached hydrogens (primary N) is 1. The molecule has 1 rings (SSSR count). The fourth-order valence-electron chi connectivity index (χ4n) is 1.47. The summed E-state index contributed by atoms with van der Waals surface area (Å²) in [7, 11) is 1.64. The zero-order valence-corrected chi connectivity index (χ0v) is 10.2. The van der Waals surface area contributed by atoms with Crippen molar-refractivity contribution >= 4 is 0 Å². The molecule has 0 bridgehead atoms. The van der Waals surface area contributed by atoms with Crippen molar-refractivity contribution in [3.8, 4) is 5.75 Å². The summed E-state index contributed by atoms with van der Waals surface area (Å²) in [6, 6.07) is 3.88. The first-order chi connectivity index (χ1) is 7.71. The number of aromatic nitrogens is 1. The van der Waals surface area contributed by atoms with Gasteiger partial charge in [-0.3, -0.25) is 4.98 Å². The van der Waals surface area contributed by atoms with Gasteiger partial charge in [0.15, 0.2) is 0 Å². The van der Waals surface area contributed by atoms with Crippen LogP contribution in [0.15, 0.2) is 12.1 Å². The second kappa shape index (κ2) is 6.45. The number of hydrogen-bond donors (Lipinski definition) is 1. The smallest absolute Gasteiger partial charge is 0.141 e. The monoisotopic (exact) mass is 224 g/mol. The number of methoxy groups -OCH3 is 1. The predicted octanol–water partition coefficient (Wildman–Crippen LogP) is 1.30. The minimum absolute atomic E-state index is 0.111. The molecule has 0 aliphatic rings. The van der Waals surface area contributed by atoms with Gasteiger partial charge in [-0.25, -0.2) is 0 Å². The van der Waals surface area contributed by atoms with Gasteiger partial charge in [-0.15, -0.1) is 0 Å². The highest BCUT2D eigenvalue weighted by atomic mass is 16.5. The van der Waals surface area contributed by atoms with Crippen LogP contribution in [0.2, 0.25) is 0 Å². The standard InChI is InChI=1S/C12H20N2O2/c1-4-11-12(6-5-9(2)14-11)16-10(7-13)8-15-3/h5-6,10H,4,7-8,13H2,1-3H3. The SMILES string of the molecule is CCc1nc(C)ccc1OC(CN)COC. The largest absolute Gasteiger partial charge is 0.485 e. The second-order valence-corrected chi connectivity index (χ2v) is 3.68. The van der Waals surface area contributed by atoms with Crippen molar-refractivity contribution in [1.82, 2.24) is 4.98 Å². The zero-order valence-electron chi connectivity index (χ0n) is 10.2. The molecule has 1 heterocycles. The van der Waals surface area contributed by atoms with E-state index >= 15 is 0 Å². The van der Waals surface area contributed by atoms with Gasteiger partial charge in [0.25, 0.3) is 0 Å². The first-order valence-corrected chi connectivity index (χ1v) is 5.53. The zero-order chi connectivity index (χ0) is 12.0. The number of aryl methyl sites for hydroxylation is 2. The Morgan fingerprint density at radius 1 is 1.44 bits per heavy atom. The van der Waals surface area contributed by atoms with Gasteiger partial charge in [0.2, 0.25) is 0 Å². The lowest BCUT2D eigenvalue weighted by Gasteiger charge is -2.18. The van der Waals surface area contributed by atoms with Crippen LogP contribution in [0.3, 0.4) is 0 Å². The topological polar surface area (TPSA) is 57.4 Å². The second-order valence-electron chi connectivity index (χ2n) is 3.68. The van der Waals surface area contributed by atoms with Crippen LogP contribution >= 0.6 is 0 Å². The average molecular weight is 224 g/mol. The maximum absolute atomic E-state index is 5.77. The molecule has 4 nitrogen and oxygen atoms in total. The van der Waals surface area contributed by atoms with Crippen molar-refractivity contribution in [2.45, 2.75) is 26.4 Å². The fourth-order valence-corrected chi connectivity index (χ4v) is 1.47. The van der Waals surface area contributed by atoms with E-state index in [1.807, 2.05) is 19.1 Å². The van der Waals surface area contributed by atoms with Crippen LogP contribution in [-0.4, -0.2) is 31.3 Å². The Hall–Kier alpha value is -1.13. The van der Waals surface area contributed by atoms with Crippen LogP contribution < -0.4 is 10.5 Å². The molecule has 0 aliphatic carbocycles. The van der Waals surface area contributed by atoms with Gasteiger partial charge in [0.1, 0.15) is 11.9 Å². The molecular weight excluding hydrogens is 204 g/mol. The molecule has 1 aromatic rings. The van der Waals surface area contributed by atoms with E-state index < -0.39 is 0 Å². The highest BCUT2D eigenvalue weighted by molar-refractivity contribution is 5.29. The summed E-state index contributed by atoms with van der Waals surface area (Å²) in [5.41, 5.74) is 7.57. The van der Waals surface area contributed by atoms with Crippen molar-refractivity contribution < 1.29 is 9.47 Å². The Bertz CT molecular complexity index is 329. The van der Waals surface area contributed by atoms with Crippen LogP contribution in [0.1, 0.15) is 18.3 Å². The number of nitrogens with zero attached hydrogens (tertiary/aromatic N) is 1. The molecule has 0 aromatic carbocycles. The van der Waals surface area contributed by atoms with E-state index in [4.69, 9.17) is 15.2 Å².